The molecule has 2 aliphatic rings. The summed E-state index contributed by atoms with van der Waals surface area (Å²) < 4.78 is 0. The Morgan fingerprint density at radius 2 is 2.05 bits per heavy atom. The number of nitrogens with one attached hydrogen (secondary N) is 1. The van der Waals surface area contributed by atoms with Crippen molar-refractivity contribution in [2.45, 2.75) is 6.04 Å². The number of aromatic nitrogens is 1. The molecule has 0 unspecified atom stereocenters. The minimum atomic E-state index is -0.573. The normalized spacial score (nSPS) is 19.9. The molecule has 0 bridgehead atoms. The van der Waals surface area contributed by atoms with Crippen molar-refractivity contribution in [1.29, 1.82) is 5.26 Å². The monoisotopic (exact) mass is 288 g/mol. The molecule has 2 fully saturated rings. The van der Waals surface area contributed by atoms with Crippen LogP contribution in [0.3, 0.4) is 0 Å². The van der Waals surface area contributed by atoms with Crippen LogP contribution in [-0.2, 0) is 0 Å². The topological polar surface area (TPSA) is 98.3 Å². The second-order valence-corrected chi connectivity index (χ2v) is 5.24. The maximum absolute atomic E-state index is 10.8. The van der Waals surface area contributed by atoms with Crippen molar-refractivity contribution in [2.24, 2.45) is 0 Å². The Balaban J connectivity index is 1.70. The summed E-state index contributed by atoms with van der Waals surface area (Å²) in [5.74, 6) is 0.642. The van der Waals surface area contributed by atoms with Crippen molar-refractivity contribution in [3.8, 4) is 6.07 Å². The first-order valence-electron chi connectivity index (χ1n) is 6.94. The SMILES string of the molecule is N#Cc1nc(N2CCN(C3CNC3)CC2)ccc1[N+](=O)[O-]. The number of hydrogen-bond acceptors (Lipinski definition) is 7. The number of nitriles is 1. The molecule has 0 atom stereocenters. The van der Waals surface area contributed by atoms with Gasteiger partial charge in [0.1, 0.15) is 11.9 Å². The molecule has 0 spiro atoms. The van der Waals surface area contributed by atoms with E-state index in [1.165, 1.54) is 6.07 Å². The van der Waals surface area contributed by atoms with Crippen LogP contribution in [-0.4, -0.2) is 60.1 Å². The molecule has 8 nitrogen and oxygen atoms in total. The molecule has 2 saturated heterocycles. The van der Waals surface area contributed by atoms with Crippen molar-refractivity contribution in [2.75, 3.05) is 44.2 Å². The number of rotatable bonds is 3. The molecular weight excluding hydrogens is 272 g/mol. The predicted octanol–water partition coefficient (Wildman–Crippen LogP) is -0.0447. The van der Waals surface area contributed by atoms with Crippen LogP contribution in [0.4, 0.5) is 11.5 Å². The van der Waals surface area contributed by atoms with Crippen molar-refractivity contribution in [3.05, 3.63) is 27.9 Å². The van der Waals surface area contributed by atoms with Gasteiger partial charge in [0, 0.05) is 51.4 Å². The second kappa shape index (κ2) is 5.63. The highest BCUT2D eigenvalue weighted by molar-refractivity contribution is 5.51. The van der Waals surface area contributed by atoms with Gasteiger partial charge in [0.25, 0.3) is 0 Å². The van der Waals surface area contributed by atoms with Crippen LogP contribution in [0.25, 0.3) is 0 Å². The second-order valence-electron chi connectivity index (χ2n) is 5.24. The first-order valence-corrected chi connectivity index (χ1v) is 6.94. The predicted molar refractivity (Wildman–Crippen MR) is 76.1 cm³/mol. The highest BCUT2D eigenvalue weighted by Gasteiger charge is 2.28. The van der Waals surface area contributed by atoms with Crippen molar-refractivity contribution < 1.29 is 4.92 Å². The molecule has 0 saturated carbocycles. The summed E-state index contributed by atoms with van der Waals surface area (Å²) in [6.07, 6.45) is 0. The molecule has 1 aromatic rings. The van der Waals surface area contributed by atoms with Gasteiger partial charge >= 0.3 is 5.69 Å². The molecule has 0 aromatic carbocycles. The number of nitro groups is 1. The zero-order chi connectivity index (χ0) is 14.8. The fourth-order valence-corrected chi connectivity index (χ4v) is 2.70. The van der Waals surface area contributed by atoms with Gasteiger partial charge in [-0.3, -0.25) is 15.0 Å². The summed E-state index contributed by atoms with van der Waals surface area (Å²) in [5.41, 5.74) is -0.358. The van der Waals surface area contributed by atoms with Crippen molar-refractivity contribution >= 4 is 11.5 Å². The molecule has 3 rings (SSSR count). The molecule has 2 aliphatic heterocycles. The van der Waals surface area contributed by atoms with Crippen LogP contribution in [0.2, 0.25) is 0 Å². The molecule has 3 heterocycles. The van der Waals surface area contributed by atoms with Crippen molar-refractivity contribution in [1.82, 2.24) is 15.2 Å². The Bertz CT molecular complexity index is 587. The van der Waals surface area contributed by atoms with Crippen LogP contribution in [0, 0.1) is 21.4 Å². The van der Waals surface area contributed by atoms with Crippen LogP contribution >= 0.6 is 0 Å². The van der Waals surface area contributed by atoms with Gasteiger partial charge in [0.05, 0.1) is 4.92 Å². The Labute approximate surface area is 122 Å². The summed E-state index contributed by atoms with van der Waals surface area (Å²) in [4.78, 5) is 18.9. The standard InChI is InChI=1S/C13H16N6O2/c14-7-11-12(19(20)21)1-2-13(16-11)18-5-3-17(4-6-18)10-8-15-9-10/h1-2,10,15H,3-6,8-9H2. The maximum atomic E-state index is 10.8. The molecule has 8 heteroatoms. The third-order valence-corrected chi connectivity index (χ3v) is 4.08. The van der Waals surface area contributed by atoms with Gasteiger partial charge < -0.3 is 10.2 Å². The zero-order valence-corrected chi connectivity index (χ0v) is 11.5. The molecule has 1 N–H and O–H groups in total. The smallest absolute Gasteiger partial charge is 0.305 e. The van der Waals surface area contributed by atoms with Gasteiger partial charge in [-0.05, 0) is 6.07 Å². The van der Waals surface area contributed by atoms with E-state index in [0.717, 1.165) is 39.3 Å². The van der Waals surface area contributed by atoms with Gasteiger partial charge in [-0.1, -0.05) is 0 Å². The van der Waals surface area contributed by atoms with Gasteiger partial charge in [-0.25, -0.2) is 4.98 Å². The van der Waals surface area contributed by atoms with Crippen molar-refractivity contribution in [3.63, 3.8) is 0 Å². The summed E-state index contributed by atoms with van der Waals surface area (Å²) in [6, 6.07) is 5.42. The number of nitrogens with zero attached hydrogens (tertiary/aromatic N) is 5. The number of pyridine rings is 1. The van der Waals surface area contributed by atoms with Crippen LogP contribution < -0.4 is 10.2 Å². The molecular formula is C13H16N6O2. The third-order valence-electron chi connectivity index (χ3n) is 4.08. The summed E-state index contributed by atoms with van der Waals surface area (Å²) in [6.45, 7) is 5.65. The van der Waals surface area contributed by atoms with Gasteiger partial charge in [-0.2, -0.15) is 5.26 Å². The molecule has 110 valence electrons. The summed E-state index contributed by atoms with van der Waals surface area (Å²) >= 11 is 0. The maximum Gasteiger partial charge on any atom is 0.305 e. The first kappa shape index (κ1) is 13.7. The Hall–Kier alpha value is -2.24. The van der Waals surface area contributed by atoms with Gasteiger partial charge in [-0.15, -0.1) is 0 Å². The lowest BCUT2D eigenvalue weighted by molar-refractivity contribution is -0.385. The largest absolute Gasteiger partial charge is 0.354 e. The van der Waals surface area contributed by atoms with Crippen LogP contribution in [0.15, 0.2) is 12.1 Å². The first-order chi connectivity index (χ1) is 10.2. The number of anilines is 1. The quantitative estimate of drug-likeness (QED) is 0.615. The van der Waals surface area contributed by atoms with E-state index in [9.17, 15) is 10.1 Å². The van der Waals surface area contributed by atoms with Gasteiger partial charge in [0.2, 0.25) is 5.69 Å². The van der Waals surface area contributed by atoms with Crippen LogP contribution in [0.1, 0.15) is 5.69 Å². The number of hydrogen-bond donors (Lipinski definition) is 1. The lowest BCUT2D eigenvalue weighted by Gasteiger charge is -2.43. The average molecular weight is 288 g/mol. The average Bonchev–Trinajstić information content (AvgIpc) is 2.45. The highest BCUT2D eigenvalue weighted by atomic mass is 16.6. The Morgan fingerprint density at radius 3 is 2.57 bits per heavy atom. The van der Waals surface area contributed by atoms with E-state index < -0.39 is 4.92 Å². The van der Waals surface area contributed by atoms with E-state index in [2.05, 4.69) is 20.1 Å². The summed E-state index contributed by atoms with van der Waals surface area (Å²) in [5, 5.41) is 23.1. The lowest BCUT2D eigenvalue weighted by atomic mass is 10.1. The Morgan fingerprint density at radius 1 is 1.33 bits per heavy atom. The lowest BCUT2D eigenvalue weighted by Crippen LogP contribution is -2.61. The summed E-state index contributed by atoms with van der Waals surface area (Å²) in [7, 11) is 0. The van der Waals surface area contributed by atoms with E-state index in [0.29, 0.717) is 11.9 Å². The van der Waals surface area contributed by atoms with Gasteiger partial charge in [0.15, 0.2) is 0 Å². The highest BCUT2D eigenvalue weighted by Crippen LogP contribution is 2.22. The minimum absolute atomic E-state index is 0.122. The minimum Gasteiger partial charge on any atom is -0.354 e. The van der Waals surface area contributed by atoms with E-state index >= 15 is 0 Å². The fourth-order valence-electron chi connectivity index (χ4n) is 2.70. The molecule has 0 aliphatic carbocycles. The fraction of sp³-hybridized carbons (Fsp3) is 0.538. The Kier molecular flexibility index (Phi) is 3.68. The molecule has 0 amide bonds. The van der Waals surface area contributed by atoms with E-state index in [1.54, 1.807) is 12.1 Å². The zero-order valence-electron chi connectivity index (χ0n) is 11.5. The molecule has 21 heavy (non-hydrogen) atoms. The van der Waals surface area contributed by atoms with E-state index in [-0.39, 0.29) is 11.4 Å². The molecule has 0 radical (unpaired) electrons. The van der Waals surface area contributed by atoms with E-state index in [1.807, 2.05) is 0 Å². The van der Waals surface area contributed by atoms with E-state index in [4.69, 9.17) is 5.26 Å². The van der Waals surface area contributed by atoms with Crippen LogP contribution in [0.5, 0.6) is 0 Å². The third kappa shape index (κ3) is 2.66. The number of piperazine rings is 1. The molecule has 1 aromatic heterocycles.